The van der Waals surface area contributed by atoms with Gasteiger partial charge in [0, 0.05) is 46.3 Å². The van der Waals surface area contributed by atoms with E-state index in [9.17, 15) is 0 Å². The summed E-state index contributed by atoms with van der Waals surface area (Å²) in [5.41, 5.74) is 0. The van der Waals surface area contributed by atoms with Crippen molar-refractivity contribution in [3.63, 3.8) is 0 Å². The number of aromatic nitrogens is 3. The second kappa shape index (κ2) is 5.63. The van der Waals surface area contributed by atoms with E-state index < -0.39 is 0 Å². The summed E-state index contributed by atoms with van der Waals surface area (Å²) in [5.74, 6) is 2.12. The van der Waals surface area contributed by atoms with Gasteiger partial charge in [0.15, 0.2) is 0 Å². The molecule has 21 heavy (non-hydrogen) atoms. The highest BCUT2D eigenvalue weighted by molar-refractivity contribution is 5.45. The zero-order valence-corrected chi connectivity index (χ0v) is 13.4. The predicted octanol–water partition coefficient (Wildman–Crippen LogP) is 0.652. The Balaban J connectivity index is 1.89. The summed E-state index contributed by atoms with van der Waals surface area (Å²) in [4.78, 5) is 20.5. The van der Waals surface area contributed by atoms with Crippen LogP contribution in [0.15, 0.2) is 0 Å². The van der Waals surface area contributed by atoms with E-state index >= 15 is 0 Å². The second-order valence-corrected chi connectivity index (χ2v) is 6.20. The number of fused-ring (bicyclic) bond motifs is 1. The maximum Gasteiger partial charge on any atom is 0.232 e. The second-order valence-electron chi connectivity index (χ2n) is 6.20. The first-order valence-electron chi connectivity index (χ1n) is 7.70. The highest BCUT2D eigenvalue weighted by Gasteiger charge is 2.35. The summed E-state index contributed by atoms with van der Waals surface area (Å²) in [5, 5.41) is 3.04. The molecule has 0 aromatic carbocycles. The van der Waals surface area contributed by atoms with E-state index in [0.29, 0.717) is 24.0 Å². The molecule has 1 aromatic heterocycles. The Morgan fingerprint density at radius 1 is 1.19 bits per heavy atom. The molecule has 0 spiro atoms. The highest BCUT2D eigenvalue weighted by Crippen LogP contribution is 2.27. The molecule has 3 rings (SSSR count). The topological polar surface area (TPSA) is 60.4 Å². The molecule has 7 heteroatoms. The average Bonchev–Trinajstić information content (AvgIpc) is 2.92. The number of piperazine rings is 1. The van der Waals surface area contributed by atoms with Crippen LogP contribution in [0.4, 0.5) is 17.8 Å². The third-order valence-electron chi connectivity index (χ3n) is 4.43. The van der Waals surface area contributed by atoms with E-state index in [1.54, 1.807) is 0 Å². The van der Waals surface area contributed by atoms with Crippen LogP contribution in [0.5, 0.6) is 0 Å². The molecule has 2 fully saturated rings. The molecule has 0 amide bonds. The van der Waals surface area contributed by atoms with Crippen molar-refractivity contribution in [3.05, 3.63) is 0 Å². The van der Waals surface area contributed by atoms with Gasteiger partial charge in [-0.05, 0) is 26.3 Å². The van der Waals surface area contributed by atoms with Crippen LogP contribution in [0.25, 0.3) is 0 Å². The van der Waals surface area contributed by atoms with E-state index in [1.807, 2.05) is 26.0 Å². The van der Waals surface area contributed by atoms with Gasteiger partial charge in [0.2, 0.25) is 17.8 Å². The molecule has 7 nitrogen and oxygen atoms in total. The SMILES string of the molecule is CNc1nc(N(C)C)nc(N2CC3CCCN3CC2C)n1. The first-order valence-corrected chi connectivity index (χ1v) is 7.70. The Bertz CT molecular complexity index is 504. The van der Waals surface area contributed by atoms with Crippen molar-refractivity contribution in [2.75, 3.05) is 55.9 Å². The molecule has 0 bridgehead atoms. The maximum atomic E-state index is 4.64. The van der Waals surface area contributed by atoms with Crippen LogP contribution in [-0.4, -0.2) is 72.7 Å². The van der Waals surface area contributed by atoms with E-state index in [0.717, 1.165) is 19.0 Å². The number of anilines is 3. The van der Waals surface area contributed by atoms with Crippen LogP contribution < -0.4 is 15.1 Å². The van der Waals surface area contributed by atoms with Gasteiger partial charge < -0.3 is 15.1 Å². The van der Waals surface area contributed by atoms with Gasteiger partial charge in [-0.1, -0.05) is 0 Å². The van der Waals surface area contributed by atoms with Gasteiger partial charge in [0.25, 0.3) is 0 Å². The first kappa shape index (κ1) is 14.3. The van der Waals surface area contributed by atoms with Crippen molar-refractivity contribution < 1.29 is 0 Å². The Morgan fingerprint density at radius 3 is 2.71 bits per heavy atom. The molecule has 0 saturated carbocycles. The van der Waals surface area contributed by atoms with Crippen molar-refractivity contribution in [2.45, 2.75) is 31.8 Å². The highest BCUT2D eigenvalue weighted by atomic mass is 15.4. The van der Waals surface area contributed by atoms with Crippen molar-refractivity contribution >= 4 is 17.8 Å². The number of nitrogens with one attached hydrogen (secondary N) is 1. The molecular weight excluding hydrogens is 266 g/mol. The minimum absolute atomic E-state index is 0.432. The van der Waals surface area contributed by atoms with Gasteiger partial charge in [-0.2, -0.15) is 15.0 Å². The van der Waals surface area contributed by atoms with Crippen molar-refractivity contribution in [3.8, 4) is 0 Å². The number of nitrogens with zero attached hydrogens (tertiary/aromatic N) is 6. The Hall–Kier alpha value is -1.63. The molecule has 3 heterocycles. The molecular formula is C14H25N7. The smallest absolute Gasteiger partial charge is 0.232 e. The summed E-state index contributed by atoms with van der Waals surface area (Å²) in [6, 6.07) is 1.08. The lowest BCUT2D eigenvalue weighted by Crippen LogP contribution is -2.55. The monoisotopic (exact) mass is 291 g/mol. The molecule has 2 unspecified atom stereocenters. The van der Waals surface area contributed by atoms with Gasteiger partial charge in [0.1, 0.15) is 0 Å². The molecule has 1 aromatic rings. The third-order valence-corrected chi connectivity index (χ3v) is 4.43. The van der Waals surface area contributed by atoms with Crippen LogP contribution >= 0.6 is 0 Å². The summed E-state index contributed by atoms with van der Waals surface area (Å²) < 4.78 is 0. The van der Waals surface area contributed by atoms with E-state index in [1.165, 1.54) is 19.4 Å². The average molecular weight is 291 g/mol. The zero-order valence-electron chi connectivity index (χ0n) is 13.4. The molecule has 2 aliphatic rings. The summed E-state index contributed by atoms with van der Waals surface area (Å²) in [6.45, 7) is 5.61. The molecule has 116 valence electrons. The van der Waals surface area contributed by atoms with Crippen LogP contribution in [-0.2, 0) is 0 Å². The maximum absolute atomic E-state index is 4.64. The van der Waals surface area contributed by atoms with E-state index in [4.69, 9.17) is 0 Å². The van der Waals surface area contributed by atoms with Gasteiger partial charge in [0.05, 0.1) is 0 Å². The normalized spacial score (nSPS) is 25.8. The molecule has 0 radical (unpaired) electrons. The number of rotatable bonds is 3. The Kier molecular flexibility index (Phi) is 3.84. The predicted molar refractivity (Wildman–Crippen MR) is 85.1 cm³/mol. The fourth-order valence-electron chi connectivity index (χ4n) is 3.26. The molecule has 1 N–H and O–H groups in total. The fraction of sp³-hybridized carbons (Fsp3) is 0.786. The lowest BCUT2D eigenvalue weighted by atomic mass is 10.1. The minimum Gasteiger partial charge on any atom is -0.357 e. The quantitative estimate of drug-likeness (QED) is 0.877. The van der Waals surface area contributed by atoms with Crippen LogP contribution in [0.2, 0.25) is 0 Å². The van der Waals surface area contributed by atoms with Crippen molar-refractivity contribution in [1.29, 1.82) is 0 Å². The molecule has 0 aliphatic carbocycles. The van der Waals surface area contributed by atoms with Crippen LogP contribution in [0.3, 0.4) is 0 Å². The number of hydrogen-bond acceptors (Lipinski definition) is 7. The van der Waals surface area contributed by atoms with Gasteiger partial charge in [-0.25, -0.2) is 0 Å². The van der Waals surface area contributed by atoms with E-state index in [-0.39, 0.29) is 0 Å². The van der Waals surface area contributed by atoms with Crippen LogP contribution in [0.1, 0.15) is 19.8 Å². The third kappa shape index (κ3) is 2.74. The zero-order chi connectivity index (χ0) is 15.0. The van der Waals surface area contributed by atoms with Gasteiger partial charge in [-0.3, -0.25) is 4.90 Å². The van der Waals surface area contributed by atoms with Crippen LogP contribution in [0, 0.1) is 0 Å². The Labute approximate surface area is 126 Å². The largest absolute Gasteiger partial charge is 0.357 e. The van der Waals surface area contributed by atoms with E-state index in [2.05, 4.69) is 37.0 Å². The summed E-state index contributed by atoms with van der Waals surface area (Å²) in [6.07, 6.45) is 2.60. The number of hydrogen-bond donors (Lipinski definition) is 1. The van der Waals surface area contributed by atoms with Crippen molar-refractivity contribution in [2.24, 2.45) is 0 Å². The Morgan fingerprint density at radius 2 is 2.00 bits per heavy atom. The standard InChI is InChI=1S/C14H25N7/c1-10-8-20-7-5-6-11(20)9-21(10)14-17-12(15-2)16-13(18-14)19(3)4/h10-11H,5-9H2,1-4H3,(H,15,16,17,18). The molecule has 2 aliphatic heterocycles. The summed E-state index contributed by atoms with van der Waals surface area (Å²) in [7, 11) is 5.75. The fourth-order valence-corrected chi connectivity index (χ4v) is 3.26. The van der Waals surface area contributed by atoms with Gasteiger partial charge in [-0.15, -0.1) is 0 Å². The molecule has 2 atom stereocenters. The lowest BCUT2D eigenvalue weighted by molar-refractivity contribution is 0.201. The van der Waals surface area contributed by atoms with Gasteiger partial charge >= 0.3 is 0 Å². The summed E-state index contributed by atoms with van der Waals surface area (Å²) >= 11 is 0. The molecule has 2 saturated heterocycles. The minimum atomic E-state index is 0.432. The first-order chi connectivity index (χ1) is 10.1. The van der Waals surface area contributed by atoms with Crippen molar-refractivity contribution in [1.82, 2.24) is 19.9 Å². The lowest BCUT2D eigenvalue weighted by Gasteiger charge is -2.42.